The fraction of sp³-hybridized carbons (Fsp3) is 0.800. The maximum atomic E-state index is 12.0. The molecule has 8 heteroatoms. The predicted molar refractivity (Wildman–Crippen MR) is 65.1 cm³/mol. The molecule has 0 bridgehead atoms. The second-order valence-corrected chi connectivity index (χ2v) is 5.96. The summed E-state index contributed by atoms with van der Waals surface area (Å²) in [7, 11) is 0. The Morgan fingerprint density at radius 2 is 2.00 bits per heavy atom. The van der Waals surface area contributed by atoms with E-state index in [4.69, 9.17) is 0 Å². The minimum Gasteiger partial charge on any atom is -0.305 e. The van der Waals surface area contributed by atoms with Gasteiger partial charge in [0.05, 0.1) is 13.1 Å². The minimum absolute atomic E-state index is 0.0449. The van der Waals surface area contributed by atoms with Crippen LogP contribution in [0.5, 0.6) is 0 Å². The SMILES string of the molecule is CC(C)(C)NCc1ncnn1CCSC(F)(F)F. The van der Waals surface area contributed by atoms with E-state index in [0.29, 0.717) is 12.4 Å². The number of hydrogen-bond acceptors (Lipinski definition) is 4. The summed E-state index contributed by atoms with van der Waals surface area (Å²) in [5, 5.41) is 7.14. The highest BCUT2D eigenvalue weighted by molar-refractivity contribution is 8.00. The summed E-state index contributed by atoms with van der Waals surface area (Å²) in [6.07, 6.45) is 1.36. The minimum atomic E-state index is -4.19. The summed E-state index contributed by atoms with van der Waals surface area (Å²) in [5.74, 6) is 0.586. The Morgan fingerprint density at radius 3 is 2.56 bits per heavy atom. The van der Waals surface area contributed by atoms with E-state index in [9.17, 15) is 13.2 Å². The topological polar surface area (TPSA) is 42.7 Å². The van der Waals surface area contributed by atoms with Crippen molar-refractivity contribution in [2.75, 3.05) is 5.75 Å². The van der Waals surface area contributed by atoms with Crippen LogP contribution in [0.1, 0.15) is 26.6 Å². The third kappa shape index (κ3) is 6.25. The molecule has 0 aromatic carbocycles. The zero-order chi connectivity index (χ0) is 13.8. The van der Waals surface area contributed by atoms with Crippen molar-refractivity contribution in [3.63, 3.8) is 0 Å². The van der Waals surface area contributed by atoms with Crippen molar-refractivity contribution in [1.29, 1.82) is 0 Å². The van der Waals surface area contributed by atoms with E-state index in [1.165, 1.54) is 11.0 Å². The average Bonchev–Trinajstić information content (AvgIpc) is 2.59. The Hall–Kier alpha value is -0.760. The summed E-state index contributed by atoms with van der Waals surface area (Å²) >= 11 is -0.0449. The van der Waals surface area contributed by atoms with Gasteiger partial charge in [0.2, 0.25) is 0 Å². The molecule has 0 amide bonds. The van der Waals surface area contributed by atoms with Crippen LogP contribution < -0.4 is 5.32 Å². The van der Waals surface area contributed by atoms with E-state index in [-0.39, 0.29) is 29.6 Å². The van der Waals surface area contributed by atoms with Crippen molar-refractivity contribution in [3.8, 4) is 0 Å². The van der Waals surface area contributed by atoms with Gasteiger partial charge in [-0.15, -0.1) is 0 Å². The average molecular weight is 282 g/mol. The number of aryl methyl sites for hydroxylation is 1. The molecular weight excluding hydrogens is 265 g/mol. The quantitative estimate of drug-likeness (QED) is 0.900. The zero-order valence-electron chi connectivity index (χ0n) is 10.6. The lowest BCUT2D eigenvalue weighted by Gasteiger charge is -2.20. The molecule has 1 rings (SSSR count). The van der Waals surface area contributed by atoms with Gasteiger partial charge in [-0.1, -0.05) is 0 Å². The van der Waals surface area contributed by atoms with Crippen LogP contribution in [0.3, 0.4) is 0 Å². The van der Waals surface area contributed by atoms with Crippen LogP contribution in [0.25, 0.3) is 0 Å². The normalized spacial score (nSPS) is 13.0. The Bertz CT molecular complexity index is 370. The van der Waals surface area contributed by atoms with Crippen molar-refractivity contribution < 1.29 is 13.2 Å². The highest BCUT2D eigenvalue weighted by Crippen LogP contribution is 2.29. The van der Waals surface area contributed by atoms with Crippen molar-refractivity contribution in [2.45, 2.75) is 44.9 Å². The number of nitrogens with one attached hydrogen (secondary N) is 1. The summed E-state index contributed by atoms with van der Waals surface area (Å²) in [6.45, 7) is 6.71. The lowest BCUT2D eigenvalue weighted by atomic mass is 10.1. The fourth-order valence-electron chi connectivity index (χ4n) is 1.20. The first kappa shape index (κ1) is 15.3. The Balaban J connectivity index is 2.45. The largest absolute Gasteiger partial charge is 0.441 e. The number of hydrogen-bond donors (Lipinski definition) is 1. The van der Waals surface area contributed by atoms with Gasteiger partial charge in [0.1, 0.15) is 12.2 Å². The number of rotatable bonds is 5. The molecule has 104 valence electrons. The lowest BCUT2D eigenvalue weighted by Crippen LogP contribution is -2.36. The Labute approximate surface area is 108 Å². The van der Waals surface area contributed by atoms with Gasteiger partial charge in [-0.3, -0.25) is 0 Å². The van der Waals surface area contributed by atoms with Crippen LogP contribution >= 0.6 is 11.8 Å². The van der Waals surface area contributed by atoms with Crippen LogP contribution in [0.2, 0.25) is 0 Å². The number of alkyl halides is 3. The van der Waals surface area contributed by atoms with Gasteiger partial charge in [0.25, 0.3) is 0 Å². The Kier molecular flexibility index (Phi) is 5.03. The van der Waals surface area contributed by atoms with E-state index >= 15 is 0 Å². The molecule has 1 heterocycles. The monoisotopic (exact) mass is 282 g/mol. The molecule has 0 aliphatic heterocycles. The molecule has 0 fully saturated rings. The van der Waals surface area contributed by atoms with Gasteiger partial charge in [-0.2, -0.15) is 18.3 Å². The van der Waals surface area contributed by atoms with Gasteiger partial charge >= 0.3 is 5.51 Å². The summed E-state index contributed by atoms with van der Waals surface area (Å²) < 4.78 is 37.5. The molecular formula is C10H17F3N4S. The van der Waals surface area contributed by atoms with E-state index in [2.05, 4.69) is 15.4 Å². The van der Waals surface area contributed by atoms with Gasteiger partial charge in [-0.25, -0.2) is 9.67 Å². The van der Waals surface area contributed by atoms with Gasteiger partial charge in [0, 0.05) is 11.3 Å². The molecule has 18 heavy (non-hydrogen) atoms. The molecule has 0 atom stereocenters. The summed E-state index contributed by atoms with van der Waals surface area (Å²) in [4.78, 5) is 4.03. The molecule has 0 aliphatic carbocycles. The predicted octanol–water partition coefficient (Wildman–Crippen LogP) is 2.42. The zero-order valence-corrected chi connectivity index (χ0v) is 11.4. The first-order valence-corrected chi connectivity index (χ1v) is 6.48. The van der Waals surface area contributed by atoms with E-state index in [1.54, 1.807) is 0 Å². The lowest BCUT2D eigenvalue weighted by molar-refractivity contribution is -0.0328. The van der Waals surface area contributed by atoms with Crippen molar-refractivity contribution in [1.82, 2.24) is 20.1 Å². The second-order valence-electron chi connectivity index (χ2n) is 4.80. The smallest absolute Gasteiger partial charge is 0.305 e. The summed E-state index contributed by atoms with van der Waals surface area (Å²) in [5.41, 5.74) is -4.26. The van der Waals surface area contributed by atoms with Gasteiger partial charge in [0.15, 0.2) is 0 Å². The highest BCUT2D eigenvalue weighted by Gasteiger charge is 2.27. The molecule has 1 N–H and O–H groups in total. The van der Waals surface area contributed by atoms with Crippen LogP contribution in [-0.2, 0) is 13.1 Å². The molecule has 0 spiro atoms. The third-order valence-corrected chi connectivity index (χ3v) is 2.76. The fourth-order valence-corrected chi connectivity index (χ4v) is 1.70. The Morgan fingerprint density at radius 1 is 1.33 bits per heavy atom. The van der Waals surface area contributed by atoms with Gasteiger partial charge < -0.3 is 5.32 Å². The number of aromatic nitrogens is 3. The molecule has 0 saturated carbocycles. The van der Waals surface area contributed by atoms with E-state index in [0.717, 1.165) is 0 Å². The van der Waals surface area contributed by atoms with E-state index in [1.807, 2.05) is 20.8 Å². The van der Waals surface area contributed by atoms with Crippen molar-refractivity contribution in [3.05, 3.63) is 12.2 Å². The van der Waals surface area contributed by atoms with Crippen LogP contribution in [0.4, 0.5) is 13.2 Å². The van der Waals surface area contributed by atoms with Crippen LogP contribution in [-0.4, -0.2) is 31.6 Å². The standard InChI is InChI=1S/C10H17F3N4S/c1-9(2,3)15-6-8-14-7-16-17(8)4-5-18-10(11,12)13/h7,15H,4-6H2,1-3H3. The molecule has 1 aromatic rings. The molecule has 0 aliphatic rings. The molecule has 4 nitrogen and oxygen atoms in total. The number of nitrogens with zero attached hydrogens (tertiary/aromatic N) is 3. The first-order chi connectivity index (χ1) is 8.17. The number of halogens is 3. The van der Waals surface area contributed by atoms with Crippen molar-refractivity contribution >= 4 is 11.8 Å². The molecule has 0 radical (unpaired) electrons. The maximum absolute atomic E-state index is 12.0. The van der Waals surface area contributed by atoms with E-state index < -0.39 is 5.51 Å². The first-order valence-electron chi connectivity index (χ1n) is 5.50. The highest BCUT2D eigenvalue weighted by atomic mass is 32.2. The molecule has 1 aromatic heterocycles. The second kappa shape index (κ2) is 5.92. The third-order valence-electron chi connectivity index (χ3n) is 2.04. The number of thioether (sulfide) groups is 1. The van der Waals surface area contributed by atoms with Gasteiger partial charge in [-0.05, 0) is 32.5 Å². The maximum Gasteiger partial charge on any atom is 0.441 e. The van der Waals surface area contributed by atoms with Crippen molar-refractivity contribution in [2.24, 2.45) is 0 Å². The van der Waals surface area contributed by atoms with Crippen LogP contribution in [0, 0.1) is 0 Å². The van der Waals surface area contributed by atoms with Crippen LogP contribution in [0.15, 0.2) is 6.33 Å². The summed E-state index contributed by atoms with van der Waals surface area (Å²) in [6, 6.07) is 0. The molecule has 0 saturated heterocycles. The molecule has 0 unspecified atom stereocenters.